The van der Waals surface area contributed by atoms with Crippen LogP contribution in [-0.4, -0.2) is 54.8 Å². The Morgan fingerprint density at radius 2 is 1.45 bits per heavy atom. The number of benzene rings is 1. The van der Waals surface area contributed by atoms with Gasteiger partial charge in [0.1, 0.15) is 0 Å². The predicted octanol–water partition coefficient (Wildman–Crippen LogP) is 4.51. The van der Waals surface area contributed by atoms with Crippen LogP contribution in [0.25, 0.3) is 0 Å². The van der Waals surface area contributed by atoms with Crippen molar-refractivity contribution in [2.75, 3.05) is 32.5 Å². The molecule has 0 saturated carbocycles. The van der Waals surface area contributed by atoms with E-state index in [-0.39, 0.29) is 11.8 Å². The number of hydrogen-bond acceptors (Lipinski definition) is 6. The number of hydrogen-bond donors (Lipinski definition) is 0. The lowest BCUT2D eigenvalue weighted by Gasteiger charge is -2.36. The van der Waals surface area contributed by atoms with Crippen LogP contribution in [0.3, 0.4) is 0 Å². The number of unbranched alkanes of at least 4 members (excludes halogenated alkanes) is 2. The minimum Gasteiger partial charge on any atom is -0.342 e. The molecule has 1 heterocycles. The monoisotopic (exact) mass is 425 g/mol. The van der Waals surface area contributed by atoms with Crippen molar-refractivity contribution in [3.63, 3.8) is 0 Å². The molecule has 162 valence electrons. The zero-order valence-corrected chi connectivity index (χ0v) is 18.7. The van der Waals surface area contributed by atoms with Crippen LogP contribution in [0.1, 0.15) is 67.7 Å². The van der Waals surface area contributed by atoms with Gasteiger partial charge in [0.25, 0.3) is 19.2 Å². The van der Waals surface area contributed by atoms with Crippen LogP contribution in [0.2, 0.25) is 0 Å². The Labute approximate surface area is 173 Å². The van der Waals surface area contributed by atoms with Crippen LogP contribution in [0, 0.1) is 0 Å². The lowest BCUT2D eigenvalue weighted by atomic mass is 10.1. The van der Waals surface area contributed by atoms with E-state index in [4.69, 9.17) is 14.0 Å². The second kappa shape index (κ2) is 10.5. The molecule has 0 aliphatic carbocycles. The Bertz CT molecular complexity index is 724. The van der Waals surface area contributed by atoms with Crippen LogP contribution in [0.5, 0.6) is 0 Å². The number of carbonyl (C=O) groups excluding carboxylic acids is 2. The normalized spacial score (nSPS) is 16.2. The van der Waals surface area contributed by atoms with E-state index in [1.165, 1.54) is 4.90 Å². The minimum absolute atomic E-state index is 0.245. The summed E-state index contributed by atoms with van der Waals surface area (Å²) in [5, 5.41) is 0. The van der Waals surface area contributed by atoms with Gasteiger partial charge in [0.2, 0.25) is 5.53 Å². The van der Waals surface area contributed by atoms with E-state index in [0.29, 0.717) is 62.9 Å². The molecular weight excluding hydrogens is 393 g/mol. The maximum absolute atomic E-state index is 13.5. The van der Waals surface area contributed by atoms with E-state index < -0.39 is 12.9 Å². The van der Waals surface area contributed by atoms with Crippen molar-refractivity contribution in [1.29, 1.82) is 0 Å². The minimum atomic E-state index is -3.20. The molecule has 8 heteroatoms. The van der Waals surface area contributed by atoms with Crippen LogP contribution in [0.4, 0.5) is 0 Å². The first-order chi connectivity index (χ1) is 13.8. The lowest BCUT2D eigenvalue weighted by Crippen LogP contribution is -2.34. The lowest BCUT2D eigenvalue weighted by molar-refractivity contribution is -0.168. The van der Waals surface area contributed by atoms with Crippen LogP contribution >= 0.6 is 7.37 Å². The summed E-state index contributed by atoms with van der Waals surface area (Å²) in [4.78, 5) is 26.1. The van der Waals surface area contributed by atoms with Gasteiger partial charge in [-0.15, -0.1) is 0 Å². The van der Waals surface area contributed by atoms with Gasteiger partial charge >= 0.3 is 0 Å². The molecule has 1 atom stereocenters. The van der Waals surface area contributed by atoms with Crippen molar-refractivity contribution in [3.05, 3.63) is 35.4 Å². The van der Waals surface area contributed by atoms with Gasteiger partial charge < -0.3 is 14.0 Å². The second-order valence-corrected chi connectivity index (χ2v) is 9.81. The summed E-state index contributed by atoms with van der Waals surface area (Å²) in [5.41, 5.74) is -0.347. The number of nitrogens with zero attached hydrogens (tertiary/aromatic N) is 1. The van der Waals surface area contributed by atoms with Crippen LogP contribution in [-0.2, 0) is 18.6 Å². The molecule has 2 rings (SSSR count). The maximum Gasteiger partial charge on any atom is 0.261 e. The molecule has 0 aromatic heterocycles. The van der Waals surface area contributed by atoms with E-state index >= 15 is 0 Å². The number of rotatable bonds is 13. The molecule has 1 aliphatic rings. The van der Waals surface area contributed by atoms with Gasteiger partial charge in [-0.25, -0.2) is 0 Å². The van der Waals surface area contributed by atoms with Gasteiger partial charge in [0.05, 0.1) is 17.7 Å². The summed E-state index contributed by atoms with van der Waals surface area (Å²) >= 11 is 0. The van der Waals surface area contributed by atoms with Crippen molar-refractivity contribution in [2.45, 2.75) is 52.5 Å². The maximum atomic E-state index is 13.5. The highest BCUT2D eigenvalue weighted by molar-refractivity contribution is 7.60. The third kappa shape index (κ3) is 5.15. The fourth-order valence-electron chi connectivity index (χ4n) is 3.58. The highest BCUT2D eigenvalue weighted by Gasteiger charge is 2.47. The number of carbonyl (C=O) groups is 2. The van der Waals surface area contributed by atoms with E-state index in [0.717, 1.165) is 0 Å². The van der Waals surface area contributed by atoms with Crippen molar-refractivity contribution < 1.29 is 28.2 Å². The molecule has 0 saturated heterocycles. The molecule has 1 aliphatic heterocycles. The van der Waals surface area contributed by atoms with Gasteiger partial charge in [0.15, 0.2) is 0 Å². The molecule has 1 aromatic carbocycles. The Morgan fingerprint density at radius 1 is 0.897 bits per heavy atom. The molecule has 1 unspecified atom stereocenters. The van der Waals surface area contributed by atoms with E-state index in [1.54, 1.807) is 38.1 Å². The summed E-state index contributed by atoms with van der Waals surface area (Å²) in [7, 11) is -3.20. The molecule has 29 heavy (non-hydrogen) atoms. The first-order valence-corrected chi connectivity index (χ1v) is 12.1. The van der Waals surface area contributed by atoms with Crippen molar-refractivity contribution in [1.82, 2.24) is 4.90 Å². The van der Waals surface area contributed by atoms with Gasteiger partial charge in [0, 0.05) is 25.9 Å². The van der Waals surface area contributed by atoms with Gasteiger partial charge in [-0.05, 0) is 52.7 Å². The smallest absolute Gasteiger partial charge is 0.261 e. The molecule has 0 fully saturated rings. The zero-order chi connectivity index (χ0) is 21.5. The predicted molar refractivity (Wildman–Crippen MR) is 111 cm³/mol. The number of imide groups is 1. The fraction of sp³-hybridized carbons (Fsp3) is 0.619. The standard InChI is InChI=1S/C21H32NO6P/c1-5-26-21(4,27-6-2)29(25,28-7-3)16-12-8-11-15-22-19(23)17-13-9-10-14-18(17)20(22)24/h9-10,13-14H,5-8,11-12,15-16H2,1-4H3. The average Bonchev–Trinajstić information content (AvgIpc) is 2.93. The summed E-state index contributed by atoms with van der Waals surface area (Å²) in [5.74, 6) is -0.489. The van der Waals surface area contributed by atoms with Crippen molar-refractivity contribution in [3.8, 4) is 0 Å². The highest BCUT2D eigenvalue weighted by Crippen LogP contribution is 2.60. The summed E-state index contributed by atoms with van der Waals surface area (Å²) in [6.45, 7) is 8.52. The van der Waals surface area contributed by atoms with Crippen molar-refractivity contribution >= 4 is 19.2 Å². The topological polar surface area (TPSA) is 82.1 Å². The SMILES string of the molecule is CCOC(C)(OCC)P(=O)(CCCCCN1C(=O)c2ccccc2C1=O)OCC. The molecule has 2 amide bonds. The Hall–Kier alpha value is -1.53. The van der Waals surface area contributed by atoms with Gasteiger partial charge in [-0.2, -0.15) is 0 Å². The Kier molecular flexibility index (Phi) is 8.58. The molecule has 0 N–H and O–H groups in total. The first-order valence-electron chi connectivity index (χ1n) is 10.3. The Morgan fingerprint density at radius 3 is 1.93 bits per heavy atom. The van der Waals surface area contributed by atoms with E-state index in [1.807, 2.05) is 13.8 Å². The molecule has 0 radical (unpaired) electrons. The zero-order valence-electron chi connectivity index (χ0n) is 17.8. The second-order valence-electron chi connectivity index (χ2n) is 6.95. The van der Waals surface area contributed by atoms with Crippen LogP contribution in [0.15, 0.2) is 24.3 Å². The van der Waals surface area contributed by atoms with Gasteiger partial charge in [-0.1, -0.05) is 18.6 Å². The number of ether oxygens (including phenoxy) is 2. The van der Waals surface area contributed by atoms with Crippen LogP contribution < -0.4 is 0 Å². The number of fused-ring (bicyclic) bond motifs is 1. The quantitative estimate of drug-likeness (QED) is 0.200. The molecule has 1 aromatic rings. The fourth-order valence-corrected chi connectivity index (χ4v) is 6.05. The summed E-state index contributed by atoms with van der Waals surface area (Å²) in [6, 6.07) is 6.87. The molecular formula is C21H32NO6P. The Balaban J connectivity index is 1.90. The number of amides is 2. The van der Waals surface area contributed by atoms with Crippen molar-refractivity contribution in [2.24, 2.45) is 0 Å². The van der Waals surface area contributed by atoms with E-state index in [2.05, 4.69) is 0 Å². The summed E-state index contributed by atoms with van der Waals surface area (Å²) < 4.78 is 30.5. The third-order valence-corrected chi connectivity index (χ3v) is 8.07. The third-order valence-electron chi connectivity index (χ3n) is 4.99. The van der Waals surface area contributed by atoms with E-state index in [9.17, 15) is 14.2 Å². The summed E-state index contributed by atoms with van der Waals surface area (Å²) in [6.07, 6.45) is 2.28. The largest absolute Gasteiger partial charge is 0.342 e. The van der Waals surface area contributed by atoms with Gasteiger partial charge in [-0.3, -0.25) is 19.1 Å². The highest BCUT2D eigenvalue weighted by atomic mass is 31.2. The molecule has 0 spiro atoms. The average molecular weight is 425 g/mol. The first kappa shape index (κ1) is 23.7. The molecule has 7 nitrogen and oxygen atoms in total. The molecule has 0 bridgehead atoms.